The Morgan fingerprint density at radius 1 is 1.21 bits per heavy atom. The third-order valence-corrected chi connectivity index (χ3v) is 2.02. The Hall–Kier alpha value is -0.463. The fourth-order valence-corrected chi connectivity index (χ4v) is 1.32. The Kier molecular flexibility index (Phi) is 9.02. The number of aliphatic carboxylic acids is 2. The Labute approximate surface area is 95.9 Å². The summed E-state index contributed by atoms with van der Waals surface area (Å²) in [6.07, 6.45) is 2.04. The van der Waals surface area contributed by atoms with Crippen molar-refractivity contribution in [2.75, 3.05) is 0 Å². The number of carboxylic acid groups (broad SMARTS) is 2. The van der Waals surface area contributed by atoms with Crippen LogP contribution in [0.2, 0.25) is 0 Å². The van der Waals surface area contributed by atoms with Crippen molar-refractivity contribution in [2.45, 2.75) is 33.1 Å². The minimum absolute atomic E-state index is 0. The molecule has 0 aliphatic heterocycles. The van der Waals surface area contributed by atoms with Gasteiger partial charge in [-0.1, -0.05) is 26.7 Å². The number of carboxylic acids is 2. The molecule has 0 rings (SSSR count). The number of hydrogen-bond acceptors (Lipinski definition) is 2. The summed E-state index contributed by atoms with van der Waals surface area (Å²) in [6, 6.07) is 0. The Morgan fingerprint density at radius 2 is 1.64 bits per heavy atom. The molecule has 4 nitrogen and oxygen atoms in total. The van der Waals surface area contributed by atoms with E-state index in [1.165, 1.54) is 0 Å². The van der Waals surface area contributed by atoms with Crippen LogP contribution in [0.25, 0.3) is 0 Å². The molecule has 0 saturated carbocycles. The van der Waals surface area contributed by atoms with Crippen LogP contribution >= 0.6 is 0 Å². The van der Waals surface area contributed by atoms with Crippen molar-refractivity contribution in [3.05, 3.63) is 0 Å². The minimum atomic E-state index is -1.25. The molecule has 14 heavy (non-hydrogen) atoms. The number of carbonyl (C=O) groups is 2. The third-order valence-electron chi connectivity index (χ3n) is 2.02. The first-order chi connectivity index (χ1) is 5.99. The molecule has 0 aliphatic carbocycles. The van der Waals surface area contributed by atoms with E-state index in [1.54, 1.807) is 0 Å². The molecule has 0 fully saturated rings. The molecule has 0 aliphatic rings. The van der Waals surface area contributed by atoms with Gasteiger partial charge in [-0.3, -0.25) is 9.59 Å². The van der Waals surface area contributed by atoms with Crippen molar-refractivity contribution in [3.63, 3.8) is 0 Å². The monoisotopic (exact) mass is 196 g/mol. The van der Waals surface area contributed by atoms with Crippen LogP contribution < -0.4 is 0 Å². The number of rotatable bonds is 6. The quantitative estimate of drug-likeness (QED) is 0.490. The summed E-state index contributed by atoms with van der Waals surface area (Å²) in [5.74, 6) is -3.57. The van der Waals surface area contributed by atoms with Crippen molar-refractivity contribution < 1.29 is 19.8 Å². The summed E-state index contributed by atoms with van der Waals surface area (Å²) in [7, 11) is 0. The van der Waals surface area contributed by atoms with Crippen LogP contribution in [0, 0.1) is 11.8 Å². The maximum absolute atomic E-state index is 10.5. The molecule has 0 heterocycles. The van der Waals surface area contributed by atoms with Crippen LogP contribution in [0.4, 0.5) is 0 Å². The first-order valence-electron chi connectivity index (χ1n) is 4.44. The van der Waals surface area contributed by atoms with Crippen LogP contribution in [-0.4, -0.2) is 41.0 Å². The SMILES string of the molecule is CCCC(C)CC(C(=O)O)C(=O)O.[LiH]. The van der Waals surface area contributed by atoms with Crippen molar-refractivity contribution in [3.8, 4) is 0 Å². The van der Waals surface area contributed by atoms with Crippen LogP contribution in [0.5, 0.6) is 0 Å². The molecule has 0 aromatic rings. The molecular formula is C9H17LiO4. The predicted octanol–water partition coefficient (Wildman–Crippen LogP) is 0.950. The van der Waals surface area contributed by atoms with Gasteiger partial charge in [-0.2, -0.15) is 0 Å². The van der Waals surface area contributed by atoms with E-state index >= 15 is 0 Å². The van der Waals surface area contributed by atoms with E-state index in [0.717, 1.165) is 12.8 Å². The van der Waals surface area contributed by atoms with Crippen LogP contribution in [0.3, 0.4) is 0 Å². The standard InChI is InChI=1S/C9H16O4.Li.H/c1-3-4-6(2)5-7(8(10)11)9(12)13;;/h6-7H,3-5H2,1-2H3,(H,10,11)(H,12,13);;. The average molecular weight is 196 g/mol. The molecule has 5 heteroatoms. The third kappa shape index (κ3) is 6.06. The maximum atomic E-state index is 10.5. The van der Waals surface area contributed by atoms with E-state index in [1.807, 2.05) is 13.8 Å². The zero-order valence-corrected chi connectivity index (χ0v) is 7.99. The van der Waals surface area contributed by atoms with Gasteiger partial charge in [-0.15, -0.1) is 0 Å². The number of hydrogen-bond donors (Lipinski definition) is 2. The Bertz CT molecular complexity index is 179. The molecule has 1 unspecified atom stereocenters. The second-order valence-electron chi connectivity index (χ2n) is 3.36. The fraction of sp³-hybridized carbons (Fsp3) is 0.778. The van der Waals surface area contributed by atoms with Gasteiger partial charge in [0.05, 0.1) is 0 Å². The Balaban J connectivity index is 0. The molecule has 0 amide bonds. The van der Waals surface area contributed by atoms with Gasteiger partial charge in [0.1, 0.15) is 0 Å². The first kappa shape index (κ1) is 16.0. The van der Waals surface area contributed by atoms with E-state index in [4.69, 9.17) is 10.2 Å². The summed E-state index contributed by atoms with van der Waals surface area (Å²) < 4.78 is 0. The molecule has 0 spiro atoms. The summed E-state index contributed by atoms with van der Waals surface area (Å²) in [4.78, 5) is 21.0. The van der Waals surface area contributed by atoms with E-state index < -0.39 is 17.9 Å². The predicted molar refractivity (Wildman–Crippen MR) is 54.6 cm³/mol. The van der Waals surface area contributed by atoms with Crippen molar-refractivity contribution >= 4 is 30.8 Å². The molecule has 0 radical (unpaired) electrons. The van der Waals surface area contributed by atoms with Gasteiger partial charge in [0.15, 0.2) is 5.92 Å². The normalized spacial score (nSPS) is 11.9. The second kappa shape index (κ2) is 7.90. The van der Waals surface area contributed by atoms with Gasteiger partial charge >= 0.3 is 30.8 Å². The van der Waals surface area contributed by atoms with Crippen LogP contribution in [0.15, 0.2) is 0 Å². The zero-order chi connectivity index (χ0) is 10.4. The molecule has 78 valence electrons. The molecule has 0 aromatic carbocycles. The zero-order valence-electron chi connectivity index (χ0n) is 7.99. The fourth-order valence-electron chi connectivity index (χ4n) is 1.32. The molecule has 0 saturated heterocycles. The average Bonchev–Trinajstić information content (AvgIpc) is 1.99. The summed E-state index contributed by atoms with van der Waals surface area (Å²) in [5, 5.41) is 17.2. The molecule has 0 bridgehead atoms. The van der Waals surface area contributed by atoms with Crippen LogP contribution in [0.1, 0.15) is 33.1 Å². The van der Waals surface area contributed by atoms with E-state index in [2.05, 4.69) is 0 Å². The van der Waals surface area contributed by atoms with Gasteiger partial charge in [-0.05, 0) is 12.3 Å². The topological polar surface area (TPSA) is 74.6 Å². The molecular weight excluding hydrogens is 179 g/mol. The molecule has 1 atom stereocenters. The van der Waals surface area contributed by atoms with E-state index in [-0.39, 0.29) is 31.2 Å². The van der Waals surface area contributed by atoms with Gasteiger partial charge in [0.2, 0.25) is 0 Å². The van der Waals surface area contributed by atoms with E-state index in [0.29, 0.717) is 0 Å². The van der Waals surface area contributed by atoms with Gasteiger partial charge in [0.25, 0.3) is 0 Å². The van der Waals surface area contributed by atoms with Crippen molar-refractivity contribution in [1.29, 1.82) is 0 Å². The van der Waals surface area contributed by atoms with Crippen LogP contribution in [-0.2, 0) is 9.59 Å². The molecule has 0 aromatic heterocycles. The van der Waals surface area contributed by atoms with Gasteiger partial charge in [-0.25, -0.2) is 0 Å². The Morgan fingerprint density at radius 3 is 1.93 bits per heavy atom. The van der Waals surface area contributed by atoms with Gasteiger partial charge < -0.3 is 10.2 Å². The summed E-state index contributed by atoms with van der Waals surface area (Å²) >= 11 is 0. The second-order valence-corrected chi connectivity index (χ2v) is 3.36. The van der Waals surface area contributed by atoms with Gasteiger partial charge in [0, 0.05) is 0 Å². The summed E-state index contributed by atoms with van der Waals surface area (Å²) in [6.45, 7) is 3.87. The van der Waals surface area contributed by atoms with Crippen molar-refractivity contribution in [2.24, 2.45) is 11.8 Å². The van der Waals surface area contributed by atoms with E-state index in [9.17, 15) is 9.59 Å². The summed E-state index contributed by atoms with van der Waals surface area (Å²) in [5.41, 5.74) is 0. The molecule has 2 N–H and O–H groups in total. The van der Waals surface area contributed by atoms with Crippen molar-refractivity contribution in [1.82, 2.24) is 0 Å². The first-order valence-corrected chi connectivity index (χ1v) is 4.44.